The van der Waals surface area contributed by atoms with Gasteiger partial charge in [-0.2, -0.15) is 4.37 Å². The summed E-state index contributed by atoms with van der Waals surface area (Å²) in [7, 11) is 2.15. The lowest BCUT2D eigenvalue weighted by molar-refractivity contribution is 0.682. The Labute approximate surface area is 111 Å². The van der Waals surface area contributed by atoms with Crippen molar-refractivity contribution in [3.63, 3.8) is 0 Å². The number of aromatic nitrogens is 1. The molecule has 1 aromatic heterocycles. The number of anilines is 1. The van der Waals surface area contributed by atoms with Crippen molar-refractivity contribution < 1.29 is 0 Å². The van der Waals surface area contributed by atoms with Gasteiger partial charge in [0.15, 0.2) is 0 Å². The summed E-state index contributed by atoms with van der Waals surface area (Å²) in [6.45, 7) is 2.19. The van der Waals surface area contributed by atoms with Crippen LogP contribution in [-0.4, -0.2) is 30.6 Å². The number of nitrogens with one attached hydrogen (secondary N) is 1. The molecule has 1 saturated heterocycles. The van der Waals surface area contributed by atoms with Crippen LogP contribution >= 0.6 is 23.9 Å². The quantitative estimate of drug-likeness (QED) is 0.908. The minimum atomic E-state index is 0. The monoisotopic (exact) mass is 269 g/mol. The van der Waals surface area contributed by atoms with Gasteiger partial charge in [-0.1, -0.05) is 12.1 Å². The van der Waals surface area contributed by atoms with Gasteiger partial charge in [0.1, 0.15) is 5.82 Å². The smallest absolute Gasteiger partial charge is 0.150 e. The van der Waals surface area contributed by atoms with Crippen molar-refractivity contribution in [1.29, 1.82) is 0 Å². The molecule has 1 atom stereocenters. The maximum absolute atomic E-state index is 4.58. The molecule has 1 unspecified atom stereocenters. The number of likely N-dealkylation sites (N-methyl/N-ethyl adjacent to an activating group) is 1. The van der Waals surface area contributed by atoms with Crippen molar-refractivity contribution in [3.8, 4) is 0 Å². The lowest BCUT2D eigenvalue weighted by Gasteiger charge is -2.23. The molecule has 3 rings (SSSR count). The summed E-state index contributed by atoms with van der Waals surface area (Å²) in [5.74, 6) is 1.13. The zero-order valence-electron chi connectivity index (χ0n) is 9.72. The van der Waals surface area contributed by atoms with Gasteiger partial charge in [0, 0.05) is 25.0 Å². The van der Waals surface area contributed by atoms with E-state index in [2.05, 4.69) is 45.9 Å². The van der Waals surface area contributed by atoms with E-state index in [0.717, 1.165) is 18.9 Å². The molecule has 2 heterocycles. The van der Waals surface area contributed by atoms with E-state index in [1.54, 1.807) is 11.5 Å². The number of nitrogens with zero attached hydrogens (tertiary/aromatic N) is 2. The third-order valence-electron chi connectivity index (χ3n) is 3.27. The first kappa shape index (κ1) is 12.6. The van der Waals surface area contributed by atoms with E-state index in [1.807, 2.05) is 0 Å². The molecule has 1 fully saturated rings. The molecule has 92 valence electrons. The van der Waals surface area contributed by atoms with Gasteiger partial charge in [-0.15, -0.1) is 12.4 Å². The summed E-state index contributed by atoms with van der Waals surface area (Å²) in [4.78, 5) is 2.32. The van der Waals surface area contributed by atoms with Gasteiger partial charge in [0.05, 0.1) is 4.70 Å². The summed E-state index contributed by atoms with van der Waals surface area (Å²) in [6, 6.07) is 9.04. The summed E-state index contributed by atoms with van der Waals surface area (Å²) in [5.41, 5.74) is 0. The van der Waals surface area contributed by atoms with Crippen molar-refractivity contribution in [2.24, 2.45) is 0 Å². The van der Waals surface area contributed by atoms with Crippen molar-refractivity contribution in [2.75, 3.05) is 25.0 Å². The largest absolute Gasteiger partial charge is 0.354 e. The number of hydrogen-bond donors (Lipinski definition) is 1. The predicted molar refractivity (Wildman–Crippen MR) is 76.5 cm³/mol. The SMILES string of the molecule is CN(c1nsc2ccccc12)C1CCNC1.Cl. The Morgan fingerprint density at radius 3 is 3.00 bits per heavy atom. The van der Waals surface area contributed by atoms with E-state index in [0.29, 0.717) is 6.04 Å². The fourth-order valence-corrected chi connectivity index (χ4v) is 3.08. The maximum atomic E-state index is 4.58. The molecule has 1 aliphatic heterocycles. The minimum Gasteiger partial charge on any atom is -0.354 e. The molecule has 0 saturated carbocycles. The molecule has 0 bridgehead atoms. The molecular formula is C12H16ClN3S. The second kappa shape index (κ2) is 5.21. The van der Waals surface area contributed by atoms with Crippen molar-refractivity contribution >= 4 is 39.8 Å². The molecule has 5 heteroatoms. The molecule has 0 radical (unpaired) electrons. The fourth-order valence-electron chi connectivity index (χ4n) is 2.27. The van der Waals surface area contributed by atoms with E-state index < -0.39 is 0 Å². The number of hydrogen-bond acceptors (Lipinski definition) is 4. The van der Waals surface area contributed by atoms with Crippen LogP contribution in [0.3, 0.4) is 0 Å². The number of rotatable bonds is 2. The van der Waals surface area contributed by atoms with Gasteiger partial charge in [-0.25, -0.2) is 0 Å². The van der Waals surface area contributed by atoms with Crippen LogP contribution in [0.25, 0.3) is 10.1 Å². The third-order valence-corrected chi connectivity index (χ3v) is 4.09. The predicted octanol–water partition coefficient (Wildman–Crippen LogP) is 2.52. The van der Waals surface area contributed by atoms with Crippen molar-refractivity contribution in [1.82, 2.24) is 9.69 Å². The Morgan fingerprint density at radius 1 is 1.41 bits per heavy atom. The zero-order valence-corrected chi connectivity index (χ0v) is 11.4. The second-order valence-corrected chi connectivity index (χ2v) is 5.06. The number of fused-ring (bicyclic) bond motifs is 1. The number of benzene rings is 1. The van der Waals surface area contributed by atoms with E-state index in [9.17, 15) is 0 Å². The molecule has 1 aliphatic rings. The highest BCUT2D eigenvalue weighted by molar-refractivity contribution is 7.13. The van der Waals surface area contributed by atoms with Gasteiger partial charge in [-0.3, -0.25) is 0 Å². The Kier molecular flexibility index (Phi) is 3.86. The van der Waals surface area contributed by atoms with Crippen LogP contribution < -0.4 is 10.2 Å². The topological polar surface area (TPSA) is 28.2 Å². The van der Waals surface area contributed by atoms with Gasteiger partial charge in [0.25, 0.3) is 0 Å². The summed E-state index contributed by atoms with van der Waals surface area (Å²) < 4.78 is 5.85. The highest BCUT2D eigenvalue weighted by Gasteiger charge is 2.22. The highest BCUT2D eigenvalue weighted by atomic mass is 35.5. The summed E-state index contributed by atoms with van der Waals surface area (Å²) in [6.07, 6.45) is 1.21. The number of halogens is 1. The van der Waals surface area contributed by atoms with Gasteiger partial charge >= 0.3 is 0 Å². The zero-order chi connectivity index (χ0) is 11.0. The first-order valence-corrected chi connectivity index (χ1v) is 6.41. The van der Waals surface area contributed by atoms with Crippen LogP contribution in [0.4, 0.5) is 5.82 Å². The lowest BCUT2D eigenvalue weighted by Crippen LogP contribution is -2.33. The van der Waals surface area contributed by atoms with E-state index in [1.165, 1.54) is 16.5 Å². The van der Waals surface area contributed by atoms with E-state index >= 15 is 0 Å². The molecule has 3 nitrogen and oxygen atoms in total. The lowest BCUT2D eigenvalue weighted by atomic mass is 10.2. The third kappa shape index (κ3) is 2.25. The first-order chi connectivity index (χ1) is 7.86. The normalized spacial score (nSPS) is 19.2. The van der Waals surface area contributed by atoms with Crippen LogP contribution in [0.15, 0.2) is 24.3 Å². The Bertz CT molecular complexity index is 493. The van der Waals surface area contributed by atoms with Crippen molar-refractivity contribution in [2.45, 2.75) is 12.5 Å². The van der Waals surface area contributed by atoms with E-state index in [-0.39, 0.29) is 12.4 Å². The molecule has 1 N–H and O–H groups in total. The molecule has 17 heavy (non-hydrogen) atoms. The average molecular weight is 270 g/mol. The van der Waals surface area contributed by atoms with Crippen molar-refractivity contribution in [3.05, 3.63) is 24.3 Å². The standard InChI is InChI=1S/C12H15N3S.ClH/c1-15(9-6-7-13-8-9)12-10-4-2-3-5-11(10)16-14-12;/h2-5,9,13H,6-8H2,1H3;1H. The second-order valence-electron chi connectivity index (χ2n) is 4.26. The summed E-state index contributed by atoms with van der Waals surface area (Å²) in [5, 5.41) is 4.68. The fraction of sp³-hybridized carbons (Fsp3) is 0.417. The average Bonchev–Trinajstić information content (AvgIpc) is 2.98. The van der Waals surface area contributed by atoms with Crippen LogP contribution in [0.5, 0.6) is 0 Å². The van der Waals surface area contributed by atoms with Crippen LogP contribution in [0.1, 0.15) is 6.42 Å². The van der Waals surface area contributed by atoms with Crippen LogP contribution in [0.2, 0.25) is 0 Å². The first-order valence-electron chi connectivity index (χ1n) is 5.64. The minimum absolute atomic E-state index is 0. The Morgan fingerprint density at radius 2 is 2.24 bits per heavy atom. The molecule has 0 amide bonds. The maximum Gasteiger partial charge on any atom is 0.150 e. The molecule has 1 aromatic carbocycles. The molecule has 2 aromatic rings. The van der Waals surface area contributed by atoms with Crippen LogP contribution in [0, 0.1) is 0 Å². The molecule has 0 spiro atoms. The highest BCUT2D eigenvalue weighted by Crippen LogP contribution is 2.30. The van der Waals surface area contributed by atoms with Gasteiger partial charge in [-0.05, 0) is 36.6 Å². The molecule has 0 aliphatic carbocycles. The van der Waals surface area contributed by atoms with Gasteiger partial charge < -0.3 is 10.2 Å². The van der Waals surface area contributed by atoms with Crippen LogP contribution in [-0.2, 0) is 0 Å². The summed E-state index contributed by atoms with van der Waals surface area (Å²) >= 11 is 1.59. The molecular weight excluding hydrogens is 254 g/mol. The van der Waals surface area contributed by atoms with Gasteiger partial charge in [0.2, 0.25) is 0 Å². The Balaban J connectivity index is 0.00000108. The Hall–Kier alpha value is -0.840. The van der Waals surface area contributed by atoms with E-state index in [4.69, 9.17) is 0 Å².